The third kappa shape index (κ3) is 11.7. The number of rotatable bonds is 11. The maximum Gasteiger partial charge on any atom is 0.315 e. The minimum absolute atomic E-state index is 0.00145. The molecule has 1 unspecified atom stereocenters. The van der Waals surface area contributed by atoms with E-state index in [0.29, 0.717) is 12.2 Å². The topological polar surface area (TPSA) is 71.1 Å². The highest BCUT2D eigenvalue weighted by Gasteiger charge is 2.35. The van der Waals surface area contributed by atoms with E-state index in [1.54, 1.807) is 37.7 Å². The summed E-state index contributed by atoms with van der Waals surface area (Å²) in [5, 5.41) is 0. The minimum atomic E-state index is -0.300. The second kappa shape index (κ2) is 17.6. The molecule has 1 aliphatic rings. The van der Waals surface area contributed by atoms with Gasteiger partial charge in [-0.1, -0.05) is 28.7 Å². The van der Waals surface area contributed by atoms with Gasteiger partial charge in [0.1, 0.15) is 5.76 Å². The molecule has 0 bridgehead atoms. The standard InChI is InChI=1S/C16H23IO5S2.C3H8O/c1-11(18)22-14-9-13(20-2)12(5-6-17)16(14)24-8-4-7-23-10-15(19)21-3;1-3-4-2/h5-6,12-13H,4,7-10H2,1-3H3;3H2,1-2H3/b6-5+;/t12-,13?;/m0./s1. The van der Waals surface area contributed by atoms with Crippen LogP contribution in [0.1, 0.15) is 26.7 Å². The summed E-state index contributed by atoms with van der Waals surface area (Å²) in [5.74, 6) is 2.52. The number of carbonyl (C=O) groups excluding carboxylic acids is 2. The molecule has 0 aromatic rings. The van der Waals surface area contributed by atoms with Crippen molar-refractivity contribution in [2.75, 3.05) is 45.2 Å². The van der Waals surface area contributed by atoms with Crippen molar-refractivity contribution in [1.29, 1.82) is 0 Å². The van der Waals surface area contributed by atoms with Crippen molar-refractivity contribution in [1.82, 2.24) is 0 Å². The first-order valence-corrected chi connectivity index (χ1v) is 12.3. The van der Waals surface area contributed by atoms with Crippen LogP contribution in [-0.2, 0) is 28.5 Å². The maximum atomic E-state index is 11.3. The van der Waals surface area contributed by atoms with E-state index in [2.05, 4.69) is 38.1 Å². The zero-order valence-electron chi connectivity index (χ0n) is 17.2. The molecule has 0 N–H and O–H groups in total. The number of thioether (sulfide) groups is 2. The summed E-state index contributed by atoms with van der Waals surface area (Å²) in [7, 11) is 4.76. The molecule has 162 valence electrons. The highest BCUT2D eigenvalue weighted by Crippen LogP contribution is 2.42. The fourth-order valence-corrected chi connectivity index (χ4v) is 4.91. The number of hydrogen-bond donors (Lipinski definition) is 0. The quantitative estimate of drug-likeness (QED) is 0.214. The van der Waals surface area contributed by atoms with Crippen molar-refractivity contribution in [3.8, 4) is 0 Å². The Bertz CT molecular complexity index is 523. The Morgan fingerprint density at radius 2 is 1.93 bits per heavy atom. The van der Waals surface area contributed by atoms with Gasteiger partial charge in [0.05, 0.1) is 19.0 Å². The predicted molar refractivity (Wildman–Crippen MR) is 125 cm³/mol. The molecule has 1 rings (SSSR count). The monoisotopic (exact) mass is 546 g/mol. The number of carbonyl (C=O) groups is 2. The largest absolute Gasteiger partial charge is 0.468 e. The number of methoxy groups -OCH3 is 3. The van der Waals surface area contributed by atoms with Crippen LogP contribution in [0.25, 0.3) is 0 Å². The summed E-state index contributed by atoms with van der Waals surface area (Å²) in [4.78, 5) is 23.5. The van der Waals surface area contributed by atoms with Gasteiger partial charge in [0.15, 0.2) is 0 Å². The average molecular weight is 546 g/mol. The molecule has 0 saturated carbocycles. The predicted octanol–water partition coefficient (Wildman–Crippen LogP) is 4.43. The fourth-order valence-electron chi connectivity index (χ4n) is 2.28. The van der Waals surface area contributed by atoms with Crippen LogP contribution in [0.15, 0.2) is 20.8 Å². The van der Waals surface area contributed by atoms with E-state index in [4.69, 9.17) is 9.47 Å². The van der Waals surface area contributed by atoms with E-state index >= 15 is 0 Å². The van der Waals surface area contributed by atoms with Crippen molar-refractivity contribution < 1.29 is 28.5 Å². The van der Waals surface area contributed by atoms with Crippen molar-refractivity contribution in [2.45, 2.75) is 32.8 Å². The van der Waals surface area contributed by atoms with Gasteiger partial charge in [0.2, 0.25) is 0 Å². The Kier molecular flexibility index (Phi) is 17.5. The molecule has 6 nitrogen and oxygen atoms in total. The third-order valence-corrected chi connectivity index (χ3v) is 6.38. The normalized spacial score (nSPS) is 18.8. The summed E-state index contributed by atoms with van der Waals surface area (Å²) in [6.07, 6.45) is 3.66. The van der Waals surface area contributed by atoms with E-state index < -0.39 is 0 Å². The first kappa shape index (κ1) is 27.8. The van der Waals surface area contributed by atoms with Crippen LogP contribution < -0.4 is 0 Å². The van der Waals surface area contributed by atoms with Gasteiger partial charge in [-0.05, 0) is 28.9 Å². The van der Waals surface area contributed by atoms with Gasteiger partial charge < -0.3 is 18.9 Å². The van der Waals surface area contributed by atoms with Crippen molar-refractivity contribution >= 4 is 58.1 Å². The zero-order chi connectivity index (χ0) is 21.4. The van der Waals surface area contributed by atoms with Gasteiger partial charge in [-0.2, -0.15) is 11.8 Å². The Morgan fingerprint density at radius 1 is 1.25 bits per heavy atom. The van der Waals surface area contributed by atoms with Crippen molar-refractivity contribution in [3.05, 3.63) is 20.8 Å². The smallest absolute Gasteiger partial charge is 0.315 e. The summed E-state index contributed by atoms with van der Waals surface area (Å²) >= 11 is 5.46. The lowest BCUT2D eigenvalue weighted by molar-refractivity contribution is -0.138. The number of esters is 2. The van der Waals surface area contributed by atoms with Crippen LogP contribution in [0.5, 0.6) is 0 Å². The molecule has 0 aliphatic heterocycles. The molecule has 9 heteroatoms. The second-order valence-electron chi connectivity index (χ2n) is 5.61. The van der Waals surface area contributed by atoms with Gasteiger partial charge in [-0.25, -0.2) is 0 Å². The highest BCUT2D eigenvalue weighted by atomic mass is 127. The SMILES string of the molecule is CCOC.COC(=O)CSCCCSC1=C(OC(C)=O)CC(OC)[C@@H]1/C=C/I. The van der Waals surface area contributed by atoms with Crippen LogP contribution in [0.4, 0.5) is 0 Å². The molecular weight excluding hydrogens is 515 g/mol. The molecule has 0 aromatic heterocycles. The Hall–Kier alpha value is -0.230. The molecule has 2 atom stereocenters. The lowest BCUT2D eigenvalue weighted by Crippen LogP contribution is -2.16. The van der Waals surface area contributed by atoms with E-state index in [1.807, 2.05) is 11.0 Å². The van der Waals surface area contributed by atoms with Gasteiger partial charge >= 0.3 is 11.9 Å². The molecule has 0 heterocycles. The summed E-state index contributed by atoms with van der Waals surface area (Å²) in [6.45, 7) is 4.20. The lowest BCUT2D eigenvalue weighted by Gasteiger charge is -2.17. The molecule has 28 heavy (non-hydrogen) atoms. The van der Waals surface area contributed by atoms with E-state index in [0.717, 1.165) is 35.2 Å². The number of hydrogen-bond acceptors (Lipinski definition) is 8. The maximum absolute atomic E-state index is 11.3. The van der Waals surface area contributed by atoms with E-state index in [-0.39, 0.29) is 24.0 Å². The molecular formula is C19H31IO6S2. The van der Waals surface area contributed by atoms with Crippen LogP contribution in [0, 0.1) is 5.92 Å². The van der Waals surface area contributed by atoms with Crippen LogP contribution >= 0.6 is 46.1 Å². The van der Waals surface area contributed by atoms with Crippen LogP contribution in [0.3, 0.4) is 0 Å². The van der Waals surface area contributed by atoms with Gasteiger partial charge in [-0.15, -0.1) is 11.8 Å². The summed E-state index contributed by atoms with van der Waals surface area (Å²) in [6, 6.07) is 0. The van der Waals surface area contributed by atoms with E-state index in [9.17, 15) is 9.59 Å². The molecule has 1 aliphatic carbocycles. The molecule has 0 radical (unpaired) electrons. The molecule has 0 amide bonds. The summed E-state index contributed by atoms with van der Waals surface area (Å²) < 4.78 is 22.1. The van der Waals surface area contributed by atoms with E-state index in [1.165, 1.54) is 14.0 Å². The molecule has 0 fully saturated rings. The third-order valence-electron chi connectivity index (χ3n) is 3.64. The summed E-state index contributed by atoms with van der Waals surface area (Å²) in [5.41, 5.74) is 0. The Labute approximate surface area is 190 Å². The Morgan fingerprint density at radius 3 is 2.43 bits per heavy atom. The Balaban J connectivity index is 0.00000165. The minimum Gasteiger partial charge on any atom is -0.468 e. The molecule has 0 saturated heterocycles. The van der Waals surface area contributed by atoms with Crippen molar-refractivity contribution in [3.63, 3.8) is 0 Å². The van der Waals surface area contributed by atoms with Gasteiger partial charge in [-0.3, -0.25) is 9.59 Å². The lowest BCUT2D eigenvalue weighted by atomic mass is 10.1. The zero-order valence-corrected chi connectivity index (χ0v) is 21.0. The fraction of sp³-hybridized carbons (Fsp3) is 0.684. The van der Waals surface area contributed by atoms with Gasteiger partial charge in [0, 0.05) is 45.0 Å². The average Bonchev–Trinajstić information content (AvgIpc) is 3.00. The molecule has 0 aromatic carbocycles. The first-order valence-electron chi connectivity index (χ1n) is 8.92. The van der Waals surface area contributed by atoms with Crippen LogP contribution in [0.2, 0.25) is 0 Å². The van der Waals surface area contributed by atoms with Gasteiger partial charge in [0.25, 0.3) is 0 Å². The first-order chi connectivity index (χ1) is 13.4. The molecule has 0 spiro atoms. The highest BCUT2D eigenvalue weighted by molar-refractivity contribution is 14.1. The van der Waals surface area contributed by atoms with Crippen LogP contribution in [-0.4, -0.2) is 63.2 Å². The number of ether oxygens (including phenoxy) is 4. The van der Waals surface area contributed by atoms with Crippen molar-refractivity contribution in [2.24, 2.45) is 5.92 Å². The second-order valence-corrected chi connectivity index (χ2v) is 8.57. The number of halogens is 1.